The summed E-state index contributed by atoms with van der Waals surface area (Å²) in [7, 11) is 0. The molecule has 0 aliphatic heterocycles. The molecule has 1 aliphatic rings. The summed E-state index contributed by atoms with van der Waals surface area (Å²) in [5.74, 6) is 0.108. The van der Waals surface area contributed by atoms with Crippen LogP contribution < -0.4 is 5.73 Å². The van der Waals surface area contributed by atoms with Crippen molar-refractivity contribution in [2.45, 2.75) is 25.7 Å². The second-order valence-electron chi connectivity index (χ2n) is 3.52. The minimum absolute atomic E-state index is 0.366. The van der Waals surface area contributed by atoms with E-state index in [1.807, 2.05) is 13.0 Å². The Morgan fingerprint density at radius 2 is 2.23 bits per heavy atom. The molecular formula is C10H12N2O. The molecule has 3 heteroatoms. The molecule has 1 aromatic heterocycles. The predicted octanol–water partition coefficient (Wildman–Crippen LogP) is 1.37. The Balaban J connectivity index is 2.47. The molecule has 1 amide bonds. The number of rotatable bonds is 2. The van der Waals surface area contributed by atoms with Crippen LogP contribution in [0.15, 0.2) is 12.1 Å². The topological polar surface area (TPSA) is 56.0 Å². The van der Waals surface area contributed by atoms with Crippen molar-refractivity contribution >= 4 is 5.91 Å². The average Bonchev–Trinajstić information content (AvgIpc) is 2.85. The summed E-state index contributed by atoms with van der Waals surface area (Å²) >= 11 is 0. The van der Waals surface area contributed by atoms with Crippen molar-refractivity contribution in [3.8, 4) is 0 Å². The third-order valence-corrected chi connectivity index (χ3v) is 2.29. The molecule has 0 saturated heterocycles. The van der Waals surface area contributed by atoms with Gasteiger partial charge in [-0.25, -0.2) is 0 Å². The number of hydrogen-bond acceptors (Lipinski definition) is 2. The highest BCUT2D eigenvalue weighted by molar-refractivity contribution is 5.94. The van der Waals surface area contributed by atoms with Crippen LogP contribution in [0.4, 0.5) is 0 Å². The van der Waals surface area contributed by atoms with E-state index in [1.54, 1.807) is 6.07 Å². The van der Waals surface area contributed by atoms with E-state index in [0.29, 0.717) is 11.5 Å². The first kappa shape index (κ1) is 8.23. The molecule has 0 spiro atoms. The third kappa shape index (κ3) is 1.54. The van der Waals surface area contributed by atoms with E-state index in [4.69, 9.17) is 5.73 Å². The van der Waals surface area contributed by atoms with Gasteiger partial charge in [-0.1, -0.05) is 0 Å². The summed E-state index contributed by atoms with van der Waals surface area (Å²) < 4.78 is 0. The van der Waals surface area contributed by atoms with Crippen LogP contribution in [0, 0.1) is 6.92 Å². The smallest absolute Gasteiger partial charge is 0.250 e. The maximum absolute atomic E-state index is 11.0. The number of carbonyl (C=O) groups is 1. The zero-order valence-corrected chi connectivity index (χ0v) is 7.58. The van der Waals surface area contributed by atoms with Crippen LogP contribution in [0.5, 0.6) is 0 Å². The molecule has 13 heavy (non-hydrogen) atoms. The maximum atomic E-state index is 11.0. The van der Waals surface area contributed by atoms with Crippen LogP contribution in [0.1, 0.15) is 40.5 Å². The number of carbonyl (C=O) groups excluding carboxylic acids is 1. The molecule has 0 unspecified atom stereocenters. The summed E-state index contributed by atoms with van der Waals surface area (Å²) in [6, 6.07) is 3.60. The van der Waals surface area contributed by atoms with Crippen molar-refractivity contribution in [3.63, 3.8) is 0 Å². The Hall–Kier alpha value is -1.38. The molecule has 2 N–H and O–H groups in total. The number of aromatic nitrogens is 1. The van der Waals surface area contributed by atoms with Gasteiger partial charge in [-0.2, -0.15) is 0 Å². The van der Waals surface area contributed by atoms with E-state index in [9.17, 15) is 4.79 Å². The molecule has 0 atom stereocenters. The lowest BCUT2D eigenvalue weighted by Crippen LogP contribution is -2.14. The molecule has 1 aliphatic carbocycles. The van der Waals surface area contributed by atoms with E-state index in [1.165, 1.54) is 0 Å². The normalized spacial score (nSPS) is 15.8. The lowest BCUT2D eigenvalue weighted by Gasteiger charge is -2.04. The zero-order chi connectivity index (χ0) is 9.42. The molecular weight excluding hydrogens is 164 g/mol. The van der Waals surface area contributed by atoms with Gasteiger partial charge in [-0.05, 0) is 31.9 Å². The van der Waals surface area contributed by atoms with Gasteiger partial charge in [0.2, 0.25) is 0 Å². The van der Waals surface area contributed by atoms with Gasteiger partial charge in [0, 0.05) is 11.6 Å². The highest BCUT2D eigenvalue weighted by Gasteiger charge is 2.28. The maximum Gasteiger partial charge on any atom is 0.250 e. The SMILES string of the molecule is Cc1ccc(C(N)=O)c(C2CC2)n1. The molecule has 2 rings (SSSR count). The number of pyridine rings is 1. The van der Waals surface area contributed by atoms with E-state index in [-0.39, 0.29) is 5.91 Å². The minimum Gasteiger partial charge on any atom is -0.366 e. The highest BCUT2D eigenvalue weighted by atomic mass is 16.1. The zero-order valence-electron chi connectivity index (χ0n) is 7.58. The Bertz CT molecular complexity index is 356. The molecule has 1 saturated carbocycles. The lowest BCUT2D eigenvalue weighted by atomic mass is 10.1. The third-order valence-electron chi connectivity index (χ3n) is 2.29. The van der Waals surface area contributed by atoms with Gasteiger partial charge in [0.05, 0.1) is 11.3 Å². The Kier molecular flexibility index (Phi) is 1.79. The molecule has 0 radical (unpaired) electrons. The monoisotopic (exact) mass is 176 g/mol. The fourth-order valence-corrected chi connectivity index (χ4v) is 1.45. The van der Waals surface area contributed by atoms with Crippen LogP contribution in [-0.2, 0) is 0 Å². The second-order valence-corrected chi connectivity index (χ2v) is 3.52. The fourth-order valence-electron chi connectivity index (χ4n) is 1.45. The summed E-state index contributed by atoms with van der Waals surface area (Å²) in [5.41, 5.74) is 7.69. The number of nitrogens with two attached hydrogens (primary N) is 1. The van der Waals surface area contributed by atoms with Crippen LogP contribution in [0.2, 0.25) is 0 Å². The summed E-state index contributed by atoms with van der Waals surface area (Å²) in [4.78, 5) is 15.4. The van der Waals surface area contributed by atoms with Crippen LogP contribution in [0.25, 0.3) is 0 Å². The highest BCUT2D eigenvalue weighted by Crippen LogP contribution is 2.40. The standard InChI is InChI=1S/C10H12N2O/c1-6-2-5-8(10(11)13)9(12-6)7-3-4-7/h2,5,7H,3-4H2,1H3,(H2,11,13). The van der Waals surface area contributed by atoms with Gasteiger partial charge in [0.15, 0.2) is 0 Å². The summed E-state index contributed by atoms with van der Waals surface area (Å²) in [5, 5.41) is 0. The molecule has 1 aromatic rings. The number of amides is 1. The number of nitrogens with zero attached hydrogens (tertiary/aromatic N) is 1. The van der Waals surface area contributed by atoms with Crippen molar-refractivity contribution in [2.75, 3.05) is 0 Å². The van der Waals surface area contributed by atoms with Gasteiger partial charge < -0.3 is 5.73 Å². The quantitative estimate of drug-likeness (QED) is 0.739. The molecule has 3 nitrogen and oxygen atoms in total. The van der Waals surface area contributed by atoms with Crippen LogP contribution in [-0.4, -0.2) is 10.9 Å². The van der Waals surface area contributed by atoms with Crippen molar-refractivity contribution in [1.29, 1.82) is 0 Å². The number of aryl methyl sites for hydroxylation is 1. The van der Waals surface area contributed by atoms with E-state index in [2.05, 4.69) is 4.98 Å². The molecule has 0 bridgehead atoms. The first-order chi connectivity index (χ1) is 6.18. The number of primary amides is 1. The molecule has 0 aromatic carbocycles. The van der Waals surface area contributed by atoms with E-state index < -0.39 is 0 Å². The van der Waals surface area contributed by atoms with Crippen molar-refractivity contribution < 1.29 is 4.79 Å². The van der Waals surface area contributed by atoms with Crippen molar-refractivity contribution in [3.05, 3.63) is 29.1 Å². The fraction of sp³-hybridized carbons (Fsp3) is 0.400. The van der Waals surface area contributed by atoms with Crippen molar-refractivity contribution in [1.82, 2.24) is 4.98 Å². The van der Waals surface area contributed by atoms with E-state index in [0.717, 1.165) is 24.2 Å². The van der Waals surface area contributed by atoms with Gasteiger partial charge in [0.25, 0.3) is 5.91 Å². The number of hydrogen-bond donors (Lipinski definition) is 1. The summed E-state index contributed by atoms with van der Waals surface area (Å²) in [6.45, 7) is 1.93. The van der Waals surface area contributed by atoms with Gasteiger partial charge in [0.1, 0.15) is 0 Å². The van der Waals surface area contributed by atoms with Gasteiger partial charge in [-0.3, -0.25) is 9.78 Å². The first-order valence-corrected chi connectivity index (χ1v) is 4.46. The second kappa shape index (κ2) is 2.83. The van der Waals surface area contributed by atoms with Crippen LogP contribution >= 0.6 is 0 Å². The molecule has 1 heterocycles. The largest absolute Gasteiger partial charge is 0.366 e. The molecule has 68 valence electrons. The predicted molar refractivity (Wildman–Crippen MR) is 49.5 cm³/mol. The minimum atomic E-state index is -0.366. The Labute approximate surface area is 77.0 Å². The van der Waals surface area contributed by atoms with Crippen molar-refractivity contribution in [2.24, 2.45) is 5.73 Å². The van der Waals surface area contributed by atoms with Crippen LogP contribution in [0.3, 0.4) is 0 Å². The Morgan fingerprint density at radius 3 is 2.77 bits per heavy atom. The lowest BCUT2D eigenvalue weighted by molar-refractivity contribution is 0.0999. The first-order valence-electron chi connectivity index (χ1n) is 4.46. The van der Waals surface area contributed by atoms with E-state index >= 15 is 0 Å². The van der Waals surface area contributed by atoms with Gasteiger partial charge >= 0.3 is 0 Å². The molecule has 1 fully saturated rings. The average molecular weight is 176 g/mol. The summed E-state index contributed by atoms with van der Waals surface area (Å²) in [6.07, 6.45) is 2.27. The van der Waals surface area contributed by atoms with Gasteiger partial charge in [-0.15, -0.1) is 0 Å². The Morgan fingerprint density at radius 1 is 1.54 bits per heavy atom.